The van der Waals surface area contributed by atoms with Gasteiger partial charge in [-0.2, -0.15) is 0 Å². The average Bonchev–Trinajstić information content (AvgIpc) is 2.75. The fraction of sp³-hybridized carbons (Fsp3) is 0. The number of carbonyl (C=O) groups is 2. The molecule has 4 heteroatoms. The molecule has 0 aromatic heterocycles. The Labute approximate surface area is 162 Å². The number of carbonyl (C=O) groups excluding carboxylic acids is 1. The Balaban J connectivity index is 2.00. The van der Waals surface area contributed by atoms with Crippen LogP contribution in [0.2, 0.25) is 0 Å². The minimum absolute atomic E-state index is 0.0692. The van der Waals surface area contributed by atoms with Gasteiger partial charge in [-0.15, -0.1) is 0 Å². The SMILES string of the molecule is O=C(O)c1ccccc1N(C(=O)c1ccccc1)c1cccc2ccccc12. The van der Waals surface area contributed by atoms with Crippen LogP contribution in [0.15, 0.2) is 97.1 Å². The molecule has 136 valence electrons. The van der Waals surface area contributed by atoms with E-state index in [1.54, 1.807) is 42.5 Å². The van der Waals surface area contributed by atoms with E-state index in [4.69, 9.17) is 0 Å². The van der Waals surface area contributed by atoms with E-state index in [9.17, 15) is 14.7 Å². The zero-order valence-electron chi connectivity index (χ0n) is 14.9. The van der Waals surface area contributed by atoms with Crippen LogP contribution in [0.4, 0.5) is 11.4 Å². The van der Waals surface area contributed by atoms with Gasteiger partial charge in [0.15, 0.2) is 0 Å². The molecule has 4 nitrogen and oxygen atoms in total. The predicted molar refractivity (Wildman–Crippen MR) is 110 cm³/mol. The Bertz CT molecular complexity index is 1160. The van der Waals surface area contributed by atoms with Gasteiger partial charge >= 0.3 is 5.97 Å². The zero-order chi connectivity index (χ0) is 19.5. The molecule has 0 atom stereocenters. The van der Waals surface area contributed by atoms with Gasteiger partial charge in [-0.05, 0) is 35.7 Å². The van der Waals surface area contributed by atoms with Crippen LogP contribution in [0.5, 0.6) is 0 Å². The van der Waals surface area contributed by atoms with Crippen molar-refractivity contribution in [2.75, 3.05) is 4.90 Å². The number of aromatic carboxylic acids is 1. The Morgan fingerprint density at radius 2 is 1.25 bits per heavy atom. The number of para-hydroxylation sites is 1. The molecule has 0 fully saturated rings. The van der Waals surface area contributed by atoms with Crippen LogP contribution in [0, 0.1) is 0 Å². The van der Waals surface area contributed by atoms with Crippen molar-refractivity contribution in [2.45, 2.75) is 0 Å². The fourth-order valence-electron chi connectivity index (χ4n) is 3.31. The molecular formula is C24H17NO3. The number of amides is 1. The lowest BCUT2D eigenvalue weighted by atomic mass is 10.0. The van der Waals surface area contributed by atoms with E-state index in [-0.39, 0.29) is 11.5 Å². The van der Waals surface area contributed by atoms with Crippen molar-refractivity contribution in [3.63, 3.8) is 0 Å². The number of hydrogen-bond donors (Lipinski definition) is 1. The number of rotatable bonds is 4. The molecule has 0 bridgehead atoms. The first-order valence-corrected chi connectivity index (χ1v) is 8.86. The third-order valence-corrected chi connectivity index (χ3v) is 4.61. The maximum Gasteiger partial charge on any atom is 0.337 e. The van der Waals surface area contributed by atoms with E-state index in [2.05, 4.69) is 0 Å². The Hall–Kier alpha value is -3.92. The van der Waals surface area contributed by atoms with E-state index in [0.717, 1.165) is 10.8 Å². The summed E-state index contributed by atoms with van der Waals surface area (Å²) in [4.78, 5) is 26.8. The number of carboxylic acids is 1. The number of anilines is 2. The van der Waals surface area contributed by atoms with Gasteiger partial charge in [0.2, 0.25) is 0 Å². The number of carboxylic acid groups (broad SMARTS) is 1. The van der Waals surface area contributed by atoms with Crippen molar-refractivity contribution >= 4 is 34.0 Å². The third-order valence-electron chi connectivity index (χ3n) is 4.61. The molecule has 0 heterocycles. The van der Waals surface area contributed by atoms with Gasteiger partial charge in [0.05, 0.1) is 16.9 Å². The van der Waals surface area contributed by atoms with E-state index < -0.39 is 5.97 Å². The lowest BCUT2D eigenvalue weighted by Crippen LogP contribution is -2.27. The van der Waals surface area contributed by atoms with Crippen molar-refractivity contribution in [1.29, 1.82) is 0 Å². The van der Waals surface area contributed by atoms with Crippen LogP contribution < -0.4 is 4.90 Å². The molecule has 4 aromatic carbocycles. The molecule has 0 aliphatic rings. The van der Waals surface area contributed by atoms with Gasteiger partial charge in [-0.1, -0.05) is 66.7 Å². The number of fused-ring (bicyclic) bond motifs is 1. The highest BCUT2D eigenvalue weighted by Gasteiger charge is 2.25. The summed E-state index contributed by atoms with van der Waals surface area (Å²) in [6.07, 6.45) is 0. The molecule has 1 N–H and O–H groups in total. The van der Waals surface area contributed by atoms with E-state index in [1.165, 1.54) is 11.0 Å². The Kier molecular flexibility index (Phi) is 4.60. The van der Waals surface area contributed by atoms with Crippen molar-refractivity contribution in [2.24, 2.45) is 0 Å². The van der Waals surface area contributed by atoms with E-state index in [1.807, 2.05) is 48.5 Å². The minimum atomic E-state index is -1.08. The Morgan fingerprint density at radius 1 is 0.643 bits per heavy atom. The average molecular weight is 367 g/mol. The summed E-state index contributed by atoms with van der Waals surface area (Å²) in [5.74, 6) is -1.37. The second-order valence-corrected chi connectivity index (χ2v) is 6.33. The molecule has 4 rings (SSSR count). The first kappa shape index (κ1) is 17.5. The van der Waals surface area contributed by atoms with E-state index >= 15 is 0 Å². The third kappa shape index (κ3) is 3.12. The van der Waals surface area contributed by atoms with Gasteiger partial charge < -0.3 is 5.11 Å². The largest absolute Gasteiger partial charge is 0.478 e. The first-order chi connectivity index (χ1) is 13.7. The molecule has 0 saturated heterocycles. The monoisotopic (exact) mass is 367 g/mol. The van der Waals surface area contributed by atoms with Gasteiger partial charge in [0, 0.05) is 10.9 Å². The summed E-state index contributed by atoms with van der Waals surface area (Å²) >= 11 is 0. The molecule has 0 radical (unpaired) electrons. The molecule has 0 spiro atoms. The summed E-state index contributed by atoms with van der Waals surface area (Å²) in [5, 5.41) is 11.5. The lowest BCUT2D eigenvalue weighted by molar-refractivity contribution is 0.0698. The highest BCUT2D eigenvalue weighted by molar-refractivity contribution is 6.17. The van der Waals surface area contributed by atoms with Gasteiger partial charge in [-0.3, -0.25) is 9.69 Å². The molecular weight excluding hydrogens is 350 g/mol. The smallest absolute Gasteiger partial charge is 0.337 e. The van der Waals surface area contributed by atoms with Crippen molar-refractivity contribution in [3.05, 3.63) is 108 Å². The van der Waals surface area contributed by atoms with Crippen molar-refractivity contribution in [1.82, 2.24) is 0 Å². The first-order valence-electron chi connectivity index (χ1n) is 8.86. The van der Waals surface area contributed by atoms with Crippen LogP contribution in [0.3, 0.4) is 0 Å². The standard InChI is InChI=1S/C24H17NO3/c26-23(18-10-2-1-3-11-18)25(22-15-7-6-14-20(22)24(27)28)21-16-8-12-17-9-4-5-13-19(17)21/h1-16H,(H,27,28). The Morgan fingerprint density at radius 3 is 2.04 bits per heavy atom. The maximum absolute atomic E-state index is 13.5. The van der Waals surface area contributed by atoms with Crippen LogP contribution in [0.25, 0.3) is 10.8 Å². The predicted octanol–water partition coefficient (Wildman–Crippen LogP) is 5.52. The second kappa shape index (κ2) is 7.37. The molecule has 0 unspecified atom stereocenters. The molecule has 28 heavy (non-hydrogen) atoms. The van der Waals surface area contributed by atoms with Crippen LogP contribution in [0.1, 0.15) is 20.7 Å². The summed E-state index contributed by atoms with van der Waals surface area (Å²) < 4.78 is 0. The summed E-state index contributed by atoms with van der Waals surface area (Å²) in [6.45, 7) is 0. The van der Waals surface area contributed by atoms with Crippen molar-refractivity contribution < 1.29 is 14.7 Å². The molecule has 4 aromatic rings. The van der Waals surface area contributed by atoms with Gasteiger partial charge in [0.25, 0.3) is 5.91 Å². The topological polar surface area (TPSA) is 57.6 Å². The summed E-state index contributed by atoms with van der Waals surface area (Å²) in [6, 6.07) is 28.8. The summed E-state index contributed by atoms with van der Waals surface area (Å²) in [7, 11) is 0. The van der Waals surface area contributed by atoms with Crippen molar-refractivity contribution in [3.8, 4) is 0 Å². The highest BCUT2D eigenvalue weighted by atomic mass is 16.4. The quantitative estimate of drug-likeness (QED) is 0.517. The van der Waals surface area contributed by atoms with Gasteiger partial charge in [0.1, 0.15) is 0 Å². The molecule has 0 saturated carbocycles. The highest BCUT2D eigenvalue weighted by Crippen LogP contribution is 2.35. The minimum Gasteiger partial charge on any atom is -0.478 e. The number of benzene rings is 4. The maximum atomic E-state index is 13.5. The lowest BCUT2D eigenvalue weighted by Gasteiger charge is -2.26. The fourth-order valence-corrected chi connectivity index (χ4v) is 3.31. The van der Waals surface area contributed by atoms with Crippen LogP contribution >= 0.6 is 0 Å². The normalized spacial score (nSPS) is 10.6. The molecule has 0 aliphatic carbocycles. The van der Waals surface area contributed by atoms with Crippen LogP contribution in [-0.2, 0) is 0 Å². The number of hydrogen-bond acceptors (Lipinski definition) is 2. The van der Waals surface area contributed by atoms with E-state index in [0.29, 0.717) is 16.9 Å². The molecule has 0 aliphatic heterocycles. The molecule has 1 amide bonds. The van der Waals surface area contributed by atoms with Gasteiger partial charge in [-0.25, -0.2) is 4.79 Å². The zero-order valence-corrected chi connectivity index (χ0v) is 14.9. The summed E-state index contributed by atoms with van der Waals surface area (Å²) in [5.41, 5.74) is 1.52. The number of nitrogens with zero attached hydrogens (tertiary/aromatic N) is 1. The van der Waals surface area contributed by atoms with Crippen LogP contribution in [-0.4, -0.2) is 17.0 Å². The second-order valence-electron chi connectivity index (χ2n) is 6.33.